The maximum atomic E-state index is 15.1. The Morgan fingerprint density at radius 2 is 1.32 bits per heavy atom. The molecule has 5 aromatic carbocycles. The van der Waals surface area contributed by atoms with Crippen LogP contribution in [-0.4, -0.2) is 165 Å². The molecule has 0 radical (unpaired) electrons. The molecule has 1 aromatic heterocycles. The van der Waals surface area contributed by atoms with Crippen LogP contribution in [0, 0.1) is 25.7 Å². The molecule has 1 aliphatic heterocycles. The highest BCUT2D eigenvalue weighted by atomic mass is 32.2. The zero-order chi connectivity index (χ0) is 83.6. The van der Waals surface area contributed by atoms with E-state index >= 15 is 4.79 Å². The van der Waals surface area contributed by atoms with Crippen molar-refractivity contribution in [2.45, 2.75) is 186 Å². The Morgan fingerprint density at radius 1 is 0.702 bits per heavy atom. The first-order valence-corrected chi connectivity index (χ1v) is 43.3. The number of pyridine rings is 1. The highest BCUT2D eigenvalue weighted by Crippen LogP contribution is 2.38. The fourth-order valence-electron chi connectivity index (χ4n) is 13.1. The maximum absolute atomic E-state index is 15.1. The predicted octanol–water partition coefficient (Wildman–Crippen LogP) is 8.78. The third kappa shape index (κ3) is 28.7. The lowest BCUT2D eigenvalue weighted by atomic mass is 9.77. The second-order valence-corrected chi connectivity index (χ2v) is 38.3. The Labute approximate surface area is 668 Å². The van der Waals surface area contributed by atoms with E-state index in [2.05, 4.69) is 84.3 Å². The van der Waals surface area contributed by atoms with E-state index in [-0.39, 0.29) is 103 Å². The number of likely N-dealkylation sites (tertiary alicyclic amines) is 1. The summed E-state index contributed by atoms with van der Waals surface area (Å²) in [5.74, 6) is -6.28. The van der Waals surface area contributed by atoms with Crippen LogP contribution in [0.25, 0.3) is 0 Å². The van der Waals surface area contributed by atoms with Gasteiger partial charge in [-0.3, -0.25) is 62.7 Å². The summed E-state index contributed by atoms with van der Waals surface area (Å²) < 4.78 is 44.5. The quantitative estimate of drug-likeness (QED) is 0.00197. The number of nitrogens with zero attached hydrogens (tertiary/aromatic N) is 3. The predicted molar refractivity (Wildman–Crippen MR) is 438 cm³/mol. The first kappa shape index (κ1) is 90.0. The highest BCUT2D eigenvalue weighted by Gasteiger charge is 2.37. The molecule has 10 N–H and O–H groups in total. The average molecular weight is 1600 g/mol. The number of allylic oxidation sites excluding steroid dienone is 1. The average Bonchev–Trinajstić information content (AvgIpc) is 0.842. The van der Waals surface area contributed by atoms with Gasteiger partial charge < -0.3 is 56.9 Å². The SMILES string of the molecule is C=C(OC(=O)CC(C)(C)c1c(C)cc(C)cc1NC(=O)[C@H](CC(C)C)NC(=O)[C@H](Cc1ccc(OCC[Si](C)(C)C)cc1)NC(=O)[C@H](CCc1ccccc1)NC(=O)CNC(=O)[C@H](CC(C)C)NC(=O)[C@@H]1CCCN1C(C)=O)C(=O)c1ccc(CC(=O)NCCNC(=O)c2ccc(NN=Cc3ccccc3S(=O)(=O)O)nc2)cc1. The van der Waals surface area contributed by atoms with Gasteiger partial charge in [0.2, 0.25) is 53.0 Å². The van der Waals surface area contributed by atoms with Crippen LogP contribution in [0.5, 0.6) is 5.75 Å². The number of carbonyl (C=O) groups excluding carboxylic acids is 11. The molecule has 7 rings (SSSR count). The molecule has 5 atom stereocenters. The number of hydrogen-bond acceptors (Lipinski definition) is 18. The molecule has 0 unspecified atom stereocenters. The summed E-state index contributed by atoms with van der Waals surface area (Å²) in [5.41, 5.74) is 6.43. The Kier molecular flexibility index (Phi) is 33.2. The molecular formula is C84H108N12O16SSi. The normalized spacial score (nSPS) is 14.0. The van der Waals surface area contributed by atoms with Crippen molar-refractivity contribution in [3.63, 3.8) is 0 Å². The summed E-state index contributed by atoms with van der Waals surface area (Å²) in [6.45, 7) is 27.2. The Bertz CT molecular complexity index is 4570. The van der Waals surface area contributed by atoms with Gasteiger partial charge in [0.1, 0.15) is 46.7 Å². The van der Waals surface area contributed by atoms with Crippen molar-refractivity contribution in [3.8, 4) is 5.75 Å². The van der Waals surface area contributed by atoms with Crippen molar-refractivity contribution in [3.05, 3.63) is 196 Å². The van der Waals surface area contributed by atoms with Gasteiger partial charge in [0.15, 0.2) is 5.76 Å². The molecule has 610 valence electrons. The highest BCUT2D eigenvalue weighted by molar-refractivity contribution is 7.86. The van der Waals surface area contributed by atoms with E-state index in [9.17, 15) is 60.9 Å². The summed E-state index contributed by atoms with van der Waals surface area (Å²) in [6, 6.07) is 30.2. The lowest BCUT2D eigenvalue weighted by Crippen LogP contribution is -2.58. The minimum atomic E-state index is -4.48. The van der Waals surface area contributed by atoms with Crippen molar-refractivity contribution >= 4 is 101 Å². The van der Waals surface area contributed by atoms with Gasteiger partial charge in [0, 0.05) is 69.5 Å². The molecule has 0 saturated carbocycles. The summed E-state index contributed by atoms with van der Waals surface area (Å²) in [6.07, 6.45) is 3.87. The summed E-state index contributed by atoms with van der Waals surface area (Å²) in [4.78, 5) is 157. The van der Waals surface area contributed by atoms with Crippen LogP contribution in [0.4, 0.5) is 11.5 Å². The summed E-state index contributed by atoms with van der Waals surface area (Å²) >= 11 is 0. The number of hydrogen-bond donors (Lipinski definition) is 10. The first-order valence-electron chi connectivity index (χ1n) is 38.2. The maximum Gasteiger partial charge on any atom is 0.312 e. The summed E-state index contributed by atoms with van der Waals surface area (Å²) in [7, 11) is -5.90. The van der Waals surface area contributed by atoms with Gasteiger partial charge in [-0.15, -0.1) is 0 Å². The number of carbonyl (C=O) groups is 11. The standard InChI is InChI=1S/C84H108N12O16SSi/c1-52(2)42-67(94-83(107)70-23-19-39-96(70)57(8)97)79(103)88-51-74(99)90-65(35-29-58-20-15-14-16-21-58)80(104)93-69(46-59-27-33-64(34-28-59)111-40-41-114(11,12)13)82(106)92-68(43-53(3)4)81(105)91-66-45-54(5)44-55(6)76(66)84(9,10)48-75(100)112-56(7)77(101)61-30-25-60(26-31-61)47-73(98)85-37-38-86-78(102)63-32-36-72(87-49-63)95-89-50-62-22-17-18-24-71(62)113(108,109)110/h14-18,20-22,24-28,30-34,36,44-45,49-50,52-53,65,67-70H,7,19,23,29,35,37-43,46-48,51H2,1-6,8-13H3,(H,85,98)(H,86,102)(H,87,95)(H,88,103)(H,90,99)(H,91,105)(H,92,106)(H,93,104)(H,94,107)(H,108,109,110)/t65-,67-,68-,69-,70-/m0/s1. The van der Waals surface area contributed by atoms with Gasteiger partial charge in [-0.25, -0.2) is 4.98 Å². The van der Waals surface area contributed by atoms with E-state index < -0.39 is 119 Å². The van der Waals surface area contributed by atoms with Crippen molar-refractivity contribution in [1.29, 1.82) is 0 Å². The number of hydrazone groups is 1. The van der Waals surface area contributed by atoms with E-state index in [1.807, 2.05) is 77.9 Å². The number of ketones is 1. The van der Waals surface area contributed by atoms with Gasteiger partial charge in [0.05, 0.1) is 37.8 Å². The van der Waals surface area contributed by atoms with E-state index in [1.165, 1.54) is 66.7 Å². The number of Topliss-reactive ketones (excluding diaryl/α,β-unsaturated/α-hetero) is 1. The van der Waals surface area contributed by atoms with Crippen molar-refractivity contribution in [2.75, 3.05) is 43.5 Å². The van der Waals surface area contributed by atoms with Crippen LogP contribution in [0.1, 0.15) is 147 Å². The molecule has 0 aliphatic carbocycles. The smallest absolute Gasteiger partial charge is 0.312 e. The van der Waals surface area contributed by atoms with Gasteiger partial charge in [0.25, 0.3) is 16.0 Å². The molecule has 2 heterocycles. The molecule has 0 bridgehead atoms. The number of benzene rings is 5. The zero-order valence-corrected chi connectivity index (χ0v) is 68.8. The van der Waals surface area contributed by atoms with Crippen LogP contribution in [0.3, 0.4) is 0 Å². The van der Waals surface area contributed by atoms with Crippen molar-refractivity contribution in [1.82, 2.24) is 47.1 Å². The minimum Gasteiger partial charge on any atom is -0.494 e. The third-order valence-corrected chi connectivity index (χ3v) is 21.4. The largest absolute Gasteiger partial charge is 0.494 e. The Morgan fingerprint density at radius 3 is 1.96 bits per heavy atom. The lowest BCUT2D eigenvalue weighted by molar-refractivity contribution is -0.140. The first-order chi connectivity index (χ1) is 53.8. The van der Waals surface area contributed by atoms with Crippen LogP contribution in [0.2, 0.25) is 25.7 Å². The molecule has 30 heteroatoms. The molecule has 6 aromatic rings. The van der Waals surface area contributed by atoms with Crippen LogP contribution in [-0.2, 0) is 82.7 Å². The van der Waals surface area contributed by atoms with Crippen LogP contribution < -0.4 is 52.7 Å². The molecule has 1 aliphatic rings. The van der Waals surface area contributed by atoms with E-state index in [1.54, 1.807) is 62.4 Å². The second-order valence-electron chi connectivity index (χ2n) is 31.3. The summed E-state index contributed by atoms with van der Waals surface area (Å²) in [5, 5.41) is 26.5. The van der Waals surface area contributed by atoms with Gasteiger partial charge in [-0.1, -0.05) is 159 Å². The zero-order valence-electron chi connectivity index (χ0n) is 67.0. The third-order valence-electron chi connectivity index (χ3n) is 18.8. The van der Waals surface area contributed by atoms with Gasteiger partial charge in [-0.05, 0) is 140 Å². The number of ether oxygens (including phenoxy) is 2. The number of amides is 9. The van der Waals surface area contributed by atoms with Crippen LogP contribution >= 0.6 is 0 Å². The molecule has 114 heavy (non-hydrogen) atoms. The van der Waals surface area contributed by atoms with Crippen molar-refractivity contribution < 1.29 is 75.2 Å². The van der Waals surface area contributed by atoms with Crippen molar-refractivity contribution in [2.24, 2.45) is 16.9 Å². The number of aryl methyl sites for hydroxylation is 3. The minimum absolute atomic E-state index is 0.0496. The van der Waals surface area contributed by atoms with E-state index in [0.29, 0.717) is 66.1 Å². The number of nitrogens with one attached hydrogen (secondary N) is 9. The topological polar surface area (TPSA) is 397 Å². The van der Waals surface area contributed by atoms with Gasteiger partial charge >= 0.3 is 5.97 Å². The van der Waals surface area contributed by atoms with E-state index in [4.69, 9.17) is 9.47 Å². The Balaban J connectivity index is 0.984. The number of anilines is 2. The molecule has 9 amide bonds. The van der Waals surface area contributed by atoms with E-state index in [0.717, 1.165) is 17.2 Å². The molecule has 0 spiro atoms. The fourth-order valence-corrected chi connectivity index (χ4v) is 14.5. The number of aromatic nitrogens is 1. The number of esters is 1. The van der Waals surface area contributed by atoms with Crippen LogP contribution in [0.15, 0.2) is 156 Å². The molecule has 1 saturated heterocycles. The monoisotopic (exact) mass is 1600 g/mol. The lowest BCUT2D eigenvalue weighted by Gasteiger charge is -2.30. The fraction of sp³-hybridized carbons (Fsp3) is 0.417. The molecule has 28 nitrogen and oxygen atoms in total. The second kappa shape index (κ2) is 42.0. The molecular weight excluding hydrogens is 1490 g/mol. The Hall–Kier alpha value is -11.2. The van der Waals surface area contributed by atoms with Gasteiger partial charge in [-0.2, -0.15) is 13.5 Å². The molecule has 1 fully saturated rings. The number of rotatable bonds is 41.